The highest BCUT2D eigenvalue weighted by Gasteiger charge is 2.26. The summed E-state index contributed by atoms with van der Waals surface area (Å²) >= 11 is 0. The molecule has 7 heteroatoms. The number of halogens is 1. The molecule has 0 atom stereocenters. The van der Waals surface area contributed by atoms with Gasteiger partial charge < -0.3 is 10.1 Å². The first-order valence-electron chi connectivity index (χ1n) is 10.1. The van der Waals surface area contributed by atoms with E-state index in [1.54, 1.807) is 31.2 Å². The summed E-state index contributed by atoms with van der Waals surface area (Å²) in [5.41, 5.74) is 1.57. The maximum Gasteiger partial charge on any atom is 0.338 e. The van der Waals surface area contributed by atoms with E-state index in [1.807, 2.05) is 4.90 Å². The Bertz CT molecular complexity index is 888. The lowest BCUT2D eigenvalue weighted by Crippen LogP contribution is -2.40. The third-order valence-electron chi connectivity index (χ3n) is 5.13. The summed E-state index contributed by atoms with van der Waals surface area (Å²) < 4.78 is 18.0. The molecule has 0 radical (unpaired) electrons. The maximum atomic E-state index is 13.0. The number of benzene rings is 2. The Hall–Kier alpha value is -3.06. The van der Waals surface area contributed by atoms with E-state index in [-0.39, 0.29) is 30.0 Å². The largest absolute Gasteiger partial charge is 0.462 e. The van der Waals surface area contributed by atoms with Gasteiger partial charge in [-0.15, -0.1) is 0 Å². The van der Waals surface area contributed by atoms with Gasteiger partial charge in [-0.05, 0) is 81.4 Å². The Morgan fingerprint density at radius 1 is 1.00 bits per heavy atom. The molecule has 1 N–H and O–H groups in total. The summed E-state index contributed by atoms with van der Waals surface area (Å²) in [6.45, 7) is 3.58. The van der Waals surface area contributed by atoms with Gasteiger partial charge in [0.25, 0.3) is 0 Å². The van der Waals surface area contributed by atoms with Crippen molar-refractivity contribution in [2.75, 3.05) is 31.6 Å². The van der Waals surface area contributed by atoms with Crippen molar-refractivity contribution >= 4 is 23.3 Å². The molecule has 1 saturated heterocycles. The summed E-state index contributed by atoms with van der Waals surface area (Å²) in [6, 6.07) is 12.2. The molecule has 0 spiro atoms. The van der Waals surface area contributed by atoms with E-state index in [4.69, 9.17) is 4.74 Å². The number of amides is 1. The second-order valence-electron chi connectivity index (χ2n) is 7.27. The van der Waals surface area contributed by atoms with E-state index in [0.717, 1.165) is 0 Å². The number of Topliss-reactive ketones (excluding diaryl/α,β-unsaturated/α-hetero) is 1. The number of piperidine rings is 1. The molecule has 0 aromatic heterocycles. The van der Waals surface area contributed by atoms with Gasteiger partial charge in [0.1, 0.15) is 5.82 Å². The summed E-state index contributed by atoms with van der Waals surface area (Å²) in [5.74, 6) is -0.982. The Kier molecular flexibility index (Phi) is 7.30. The summed E-state index contributed by atoms with van der Waals surface area (Å²) in [5, 5.41) is 2.82. The van der Waals surface area contributed by atoms with Crippen LogP contribution < -0.4 is 5.32 Å². The minimum Gasteiger partial charge on any atom is -0.462 e. The number of nitrogens with zero attached hydrogens (tertiary/aromatic N) is 1. The molecule has 6 nitrogen and oxygen atoms in total. The van der Waals surface area contributed by atoms with Crippen molar-refractivity contribution in [3.05, 3.63) is 65.5 Å². The molecule has 0 bridgehead atoms. The van der Waals surface area contributed by atoms with Crippen LogP contribution in [0.5, 0.6) is 0 Å². The number of carbonyl (C=O) groups excluding carboxylic acids is 3. The van der Waals surface area contributed by atoms with Crippen molar-refractivity contribution < 1.29 is 23.5 Å². The number of ketones is 1. The monoisotopic (exact) mass is 412 g/mol. The Labute approximate surface area is 175 Å². The standard InChI is InChI=1S/C23H25FN2O4/c1-2-30-23(29)18-5-9-20(10-6-18)25-21(27)15-26-13-11-17(12-14-26)22(28)16-3-7-19(24)8-4-16/h3-10,17H,2,11-15H2,1H3,(H,25,27). The van der Waals surface area contributed by atoms with Crippen molar-refractivity contribution in [1.82, 2.24) is 4.90 Å². The molecule has 30 heavy (non-hydrogen) atoms. The molecular weight excluding hydrogens is 387 g/mol. The minimum absolute atomic E-state index is 0.0285. The SMILES string of the molecule is CCOC(=O)c1ccc(NC(=O)CN2CCC(C(=O)c3ccc(F)cc3)CC2)cc1. The van der Waals surface area contributed by atoms with Crippen molar-refractivity contribution in [3.63, 3.8) is 0 Å². The molecule has 0 aliphatic carbocycles. The smallest absolute Gasteiger partial charge is 0.338 e. The lowest BCUT2D eigenvalue weighted by molar-refractivity contribution is -0.117. The van der Waals surface area contributed by atoms with Crippen LogP contribution in [0.3, 0.4) is 0 Å². The van der Waals surface area contributed by atoms with E-state index in [9.17, 15) is 18.8 Å². The fourth-order valence-corrected chi connectivity index (χ4v) is 3.51. The van der Waals surface area contributed by atoms with Crippen LogP contribution >= 0.6 is 0 Å². The van der Waals surface area contributed by atoms with Gasteiger partial charge in [0.05, 0.1) is 18.7 Å². The zero-order valence-corrected chi connectivity index (χ0v) is 16.9. The Balaban J connectivity index is 1.45. The van der Waals surface area contributed by atoms with E-state index < -0.39 is 5.97 Å². The lowest BCUT2D eigenvalue weighted by atomic mass is 9.89. The third kappa shape index (κ3) is 5.73. The van der Waals surface area contributed by atoms with Crippen molar-refractivity contribution in [1.29, 1.82) is 0 Å². The Morgan fingerprint density at radius 2 is 1.60 bits per heavy atom. The first-order chi connectivity index (χ1) is 14.5. The normalized spacial score (nSPS) is 14.9. The van der Waals surface area contributed by atoms with E-state index in [2.05, 4.69) is 5.32 Å². The topological polar surface area (TPSA) is 75.7 Å². The molecule has 1 heterocycles. The first-order valence-corrected chi connectivity index (χ1v) is 10.1. The van der Waals surface area contributed by atoms with Crippen molar-refractivity contribution in [3.8, 4) is 0 Å². The third-order valence-corrected chi connectivity index (χ3v) is 5.13. The number of hydrogen-bond donors (Lipinski definition) is 1. The molecule has 1 aliphatic heterocycles. The molecular formula is C23H25FN2O4. The van der Waals surface area contributed by atoms with Gasteiger partial charge in [-0.3, -0.25) is 14.5 Å². The molecule has 158 valence electrons. The summed E-state index contributed by atoms with van der Waals surface area (Å²) in [4.78, 5) is 38.5. The average Bonchev–Trinajstić information content (AvgIpc) is 2.75. The fraction of sp³-hybridized carbons (Fsp3) is 0.348. The zero-order chi connectivity index (χ0) is 21.5. The number of likely N-dealkylation sites (tertiary alicyclic amines) is 1. The number of rotatable bonds is 7. The molecule has 2 aromatic rings. The van der Waals surface area contributed by atoms with Crippen LogP contribution in [0.4, 0.5) is 10.1 Å². The second-order valence-corrected chi connectivity index (χ2v) is 7.27. The van der Waals surface area contributed by atoms with Crippen LogP contribution in [0.2, 0.25) is 0 Å². The molecule has 0 unspecified atom stereocenters. The van der Waals surface area contributed by atoms with Gasteiger partial charge in [-0.25, -0.2) is 9.18 Å². The van der Waals surface area contributed by atoms with Gasteiger partial charge in [-0.2, -0.15) is 0 Å². The van der Waals surface area contributed by atoms with Crippen LogP contribution in [0.1, 0.15) is 40.5 Å². The predicted molar refractivity (Wildman–Crippen MR) is 111 cm³/mol. The van der Waals surface area contributed by atoms with Gasteiger partial charge in [0.2, 0.25) is 5.91 Å². The molecule has 1 aliphatic rings. The lowest BCUT2D eigenvalue weighted by Gasteiger charge is -2.30. The van der Waals surface area contributed by atoms with Crippen molar-refractivity contribution in [2.24, 2.45) is 5.92 Å². The summed E-state index contributed by atoms with van der Waals surface area (Å²) in [7, 11) is 0. The molecule has 0 saturated carbocycles. The highest BCUT2D eigenvalue weighted by atomic mass is 19.1. The molecule has 1 fully saturated rings. The highest BCUT2D eigenvalue weighted by Crippen LogP contribution is 2.22. The highest BCUT2D eigenvalue weighted by molar-refractivity contribution is 5.98. The van der Waals surface area contributed by atoms with Crippen LogP contribution in [0, 0.1) is 11.7 Å². The number of ether oxygens (including phenoxy) is 1. The number of anilines is 1. The van der Waals surface area contributed by atoms with E-state index in [0.29, 0.717) is 49.4 Å². The second kappa shape index (κ2) is 10.1. The number of nitrogens with one attached hydrogen (secondary N) is 1. The average molecular weight is 412 g/mol. The maximum absolute atomic E-state index is 13.0. The summed E-state index contributed by atoms with van der Waals surface area (Å²) in [6.07, 6.45) is 1.33. The minimum atomic E-state index is -0.395. The molecule has 2 aromatic carbocycles. The fourth-order valence-electron chi connectivity index (χ4n) is 3.51. The van der Waals surface area contributed by atoms with Crippen LogP contribution in [0.15, 0.2) is 48.5 Å². The van der Waals surface area contributed by atoms with Gasteiger partial charge in [-0.1, -0.05) is 0 Å². The van der Waals surface area contributed by atoms with Crippen LogP contribution in [-0.4, -0.2) is 48.8 Å². The van der Waals surface area contributed by atoms with E-state index >= 15 is 0 Å². The van der Waals surface area contributed by atoms with Gasteiger partial charge in [0, 0.05) is 17.2 Å². The van der Waals surface area contributed by atoms with E-state index in [1.165, 1.54) is 24.3 Å². The molecule has 1 amide bonds. The first kappa shape index (κ1) is 21.6. The predicted octanol–water partition coefficient (Wildman–Crippen LogP) is 3.54. The van der Waals surface area contributed by atoms with Gasteiger partial charge >= 0.3 is 5.97 Å². The number of esters is 1. The number of carbonyl (C=O) groups is 3. The zero-order valence-electron chi connectivity index (χ0n) is 16.9. The number of hydrogen-bond acceptors (Lipinski definition) is 5. The Morgan fingerprint density at radius 3 is 2.20 bits per heavy atom. The molecule has 3 rings (SSSR count). The van der Waals surface area contributed by atoms with Gasteiger partial charge in [0.15, 0.2) is 5.78 Å². The van der Waals surface area contributed by atoms with Crippen molar-refractivity contribution in [2.45, 2.75) is 19.8 Å². The van der Waals surface area contributed by atoms with Crippen LogP contribution in [0.25, 0.3) is 0 Å². The van der Waals surface area contributed by atoms with Crippen LogP contribution in [-0.2, 0) is 9.53 Å². The quantitative estimate of drug-likeness (QED) is 0.556.